The number of hydrogen-bond acceptors (Lipinski definition) is 7. The van der Waals surface area contributed by atoms with E-state index in [0.717, 1.165) is 0 Å². The Morgan fingerprint density at radius 3 is 2.48 bits per heavy atom. The van der Waals surface area contributed by atoms with Crippen LogP contribution in [0.2, 0.25) is 5.02 Å². The summed E-state index contributed by atoms with van der Waals surface area (Å²) >= 11 is 6.08. The zero-order valence-electron chi connectivity index (χ0n) is 17.5. The molecule has 2 fully saturated rings. The van der Waals surface area contributed by atoms with Crippen LogP contribution in [-0.4, -0.2) is 73.1 Å². The number of piperazine rings is 1. The molecule has 4 rings (SSSR count). The summed E-state index contributed by atoms with van der Waals surface area (Å²) in [5.74, 6) is 0.224. The molecule has 3 heterocycles. The third kappa shape index (κ3) is 4.43. The number of hydrogen-bond donors (Lipinski definition) is 1. The number of anilines is 1. The van der Waals surface area contributed by atoms with Gasteiger partial charge in [-0.05, 0) is 32.0 Å². The van der Waals surface area contributed by atoms with E-state index < -0.39 is 15.3 Å². The SMILES string of the molecule is CC(C)S(=O)(=O)N1CCN(c2cnn(-c3cccc(Cl)c3)c(=O)c2OC2CNC2)CC1. The van der Waals surface area contributed by atoms with Gasteiger partial charge in [0.15, 0.2) is 0 Å². The van der Waals surface area contributed by atoms with E-state index in [2.05, 4.69) is 10.4 Å². The fourth-order valence-corrected chi connectivity index (χ4v) is 5.00. The van der Waals surface area contributed by atoms with E-state index in [9.17, 15) is 13.2 Å². The first kappa shape index (κ1) is 22.1. The molecule has 0 bridgehead atoms. The van der Waals surface area contributed by atoms with E-state index in [1.807, 2.05) is 4.90 Å². The van der Waals surface area contributed by atoms with Crippen LogP contribution in [0.4, 0.5) is 5.69 Å². The lowest BCUT2D eigenvalue weighted by atomic mass is 10.2. The molecule has 2 aliphatic rings. The van der Waals surface area contributed by atoms with Crippen molar-refractivity contribution in [3.63, 3.8) is 0 Å². The average Bonchev–Trinajstić information content (AvgIpc) is 2.71. The lowest BCUT2D eigenvalue weighted by Crippen LogP contribution is -2.52. The number of aromatic nitrogens is 2. The van der Waals surface area contributed by atoms with Gasteiger partial charge in [-0.3, -0.25) is 4.79 Å². The number of ether oxygens (including phenoxy) is 1. The highest BCUT2D eigenvalue weighted by atomic mass is 35.5. The fraction of sp³-hybridized carbons (Fsp3) is 0.500. The monoisotopic (exact) mass is 467 g/mol. The van der Waals surface area contributed by atoms with Gasteiger partial charge in [-0.25, -0.2) is 8.42 Å². The Morgan fingerprint density at radius 1 is 1.19 bits per heavy atom. The van der Waals surface area contributed by atoms with Gasteiger partial charge in [-0.15, -0.1) is 0 Å². The van der Waals surface area contributed by atoms with Gasteiger partial charge in [0.05, 0.1) is 17.1 Å². The summed E-state index contributed by atoms with van der Waals surface area (Å²) in [6, 6.07) is 6.90. The van der Waals surface area contributed by atoms with Crippen molar-refractivity contribution >= 4 is 27.3 Å². The molecule has 9 nitrogen and oxygen atoms in total. The van der Waals surface area contributed by atoms with Crippen molar-refractivity contribution in [1.82, 2.24) is 19.4 Å². The summed E-state index contributed by atoms with van der Waals surface area (Å²) < 4.78 is 33.8. The van der Waals surface area contributed by atoms with Gasteiger partial charge in [0, 0.05) is 44.3 Å². The number of nitrogens with zero attached hydrogens (tertiary/aromatic N) is 4. The molecule has 31 heavy (non-hydrogen) atoms. The molecule has 1 aromatic carbocycles. The highest BCUT2D eigenvalue weighted by molar-refractivity contribution is 7.89. The Bertz CT molecular complexity index is 1110. The summed E-state index contributed by atoms with van der Waals surface area (Å²) in [4.78, 5) is 15.3. The van der Waals surface area contributed by atoms with Gasteiger partial charge in [0.2, 0.25) is 15.8 Å². The Balaban J connectivity index is 1.65. The molecule has 2 aliphatic heterocycles. The van der Waals surface area contributed by atoms with Crippen molar-refractivity contribution in [3.05, 3.63) is 45.8 Å². The van der Waals surface area contributed by atoms with E-state index in [1.165, 1.54) is 8.99 Å². The van der Waals surface area contributed by atoms with Crippen LogP contribution in [0.15, 0.2) is 35.3 Å². The molecule has 1 aromatic heterocycles. The standard InChI is InChI=1S/C20H26ClN5O4S/c1-14(2)31(28,29)25-8-6-24(7-9-25)18-13-23-26(16-5-3-4-15(21)10-16)20(27)19(18)30-17-11-22-12-17/h3-5,10,13-14,17,22H,6-9,11-12H2,1-2H3. The lowest BCUT2D eigenvalue weighted by Gasteiger charge is -2.37. The summed E-state index contributed by atoms with van der Waals surface area (Å²) in [5.41, 5.74) is 0.758. The summed E-state index contributed by atoms with van der Waals surface area (Å²) in [6.45, 7) is 6.29. The minimum absolute atomic E-state index is 0.0933. The Hall–Kier alpha value is -2.14. The lowest BCUT2D eigenvalue weighted by molar-refractivity contribution is 0.139. The molecular formula is C20H26ClN5O4S. The topological polar surface area (TPSA) is 96.8 Å². The molecular weight excluding hydrogens is 442 g/mol. The second kappa shape index (κ2) is 8.78. The molecule has 0 radical (unpaired) electrons. The van der Waals surface area contributed by atoms with Crippen molar-refractivity contribution in [3.8, 4) is 11.4 Å². The number of halogens is 1. The van der Waals surface area contributed by atoms with Crippen LogP contribution >= 0.6 is 11.6 Å². The van der Waals surface area contributed by atoms with Crippen LogP contribution in [0, 0.1) is 0 Å². The predicted octanol–water partition coefficient (Wildman–Crippen LogP) is 1.10. The van der Waals surface area contributed by atoms with Crippen LogP contribution in [0.5, 0.6) is 5.75 Å². The number of sulfonamides is 1. The number of benzene rings is 1. The Morgan fingerprint density at radius 2 is 1.90 bits per heavy atom. The highest BCUT2D eigenvalue weighted by Crippen LogP contribution is 2.28. The van der Waals surface area contributed by atoms with Crippen molar-refractivity contribution in [2.75, 3.05) is 44.2 Å². The largest absolute Gasteiger partial charge is 0.480 e. The molecule has 0 saturated carbocycles. The molecule has 0 atom stereocenters. The van der Waals surface area contributed by atoms with Crippen molar-refractivity contribution < 1.29 is 13.2 Å². The zero-order valence-corrected chi connectivity index (χ0v) is 19.1. The minimum atomic E-state index is -3.31. The normalized spacial score (nSPS) is 18.3. The second-order valence-electron chi connectivity index (χ2n) is 7.93. The maximum absolute atomic E-state index is 13.3. The van der Waals surface area contributed by atoms with E-state index in [-0.39, 0.29) is 17.4 Å². The molecule has 0 spiro atoms. The summed E-state index contributed by atoms with van der Waals surface area (Å²) in [5, 5.41) is 7.52. The molecule has 168 valence electrons. The molecule has 11 heteroatoms. The van der Waals surface area contributed by atoms with Crippen molar-refractivity contribution in [2.24, 2.45) is 0 Å². The number of nitrogens with one attached hydrogen (secondary N) is 1. The first-order valence-electron chi connectivity index (χ1n) is 10.3. The quantitative estimate of drug-likeness (QED) is 0.679. The van der Waals surface area contributed by atoms with Crippen LogP contribution in [0.1, 0.15) is 13.8 Å². The molecule has 0 unspecified atom stereocenters. The van der Waals surface area contributed by atoms with Crippen LogP contribution < -0.4 is 20.5 Å². The fourth-order valence-electron chi connectivity index (χ4n) is 3.55. The maximum atomic E-state index is 13.3. The predicted molar refractivity (Wildman–Crippen MR) is 120 cm³/mol. The van der Waals surface area contributed by atoms with Crippen LogP contribution in [-0.2, 0) is 10.0 Å². The first-order chi connectivity index (χ1) is 14.8. The van der Waals surface area contributed by atoms with Crippen LogP contribution in [0.3, 0.4) is 0 Å². The number of rotatable bonds is 6. The molecule has 2 saturated heterocycles. The molecule has 0 aliphatic carbocycles. The van der Waals surface area contributed by atoms with Gasteiger partial charge >= 0.3 is 5.56 Å². The van der Waals surface area contributed by atoms with E-state index >= 15 is 0 Å². The van der Waals surface area contributed by atoms with Crippen LogP contribution in [0.25, 0.3) is 5.69 Å². The maximum Gasteiger partial charge on any atom is 0.316 e. The van der Waals surface area contributed by atoms with Gasteiger partial charge in [-0.1, -0.05) is 17.7 Å². The van der Waals surface area contributed by atoms with Gasteiger partial charge in [0.1, 0.15) is 11.8 Å². The molecule has 2 aromatic rings. The molecule has 1 N–H and O–H groups in total. The van der Waals surface area contributed by atoms with Gasteiger partial charge in [-0.2, -0.15) is 14.1 Å². The van der Waals surface area contributed by atoms with Crippen molar-refractivity contribution in [1.29, 1.82) is 0 Å². The minimum Gasteiger partial charge on any atom is -0.480 e. The summed E-state index contributed by atoms with van der Waals surface area (Å²) in [6.07, 6.45) is 1.51. The Labute approximate surface area is 186 Å². The summed E-state index contributed by atoms with van der Waals surface area (Å²) in [7, 11) is -3.31. The third-order valence-corrected chi connectivity index (χ3v) is 8.04. The van der Waals surface area contributed by atoms with Gasteiger partial charge < -0.3 is 15.0 Å². The highest BCUT2D eigenvalue weighted by Gasteiger charge is 2.32. The van der Waals surface area contributed by atoms with E-state index in [4.69, 9.17) is 16.3 Å². The average molecular weight is 468 g/mol. The third-order valence-electron chi connectivity index (χ3n) is 5.53. The van der Waals surface area contributed by atoms with Gasteiger partial charge in [0.25, 0.3) is 0 Å². The second-order valence-corrected chi connectivity index (χ2v) is 10.9. The van der Waals surface area contributed by atoms with E-state index in [0.29, 0.717) is 55.7 Å². The molecule has 0 amide bonds. The first-order valence-corrected chi connectivity index (χ1v) is 12.1. The zero-order chi connectivity index (χ0) is 22.2. The smallest absolute Gasteiger partial charge is 0.316 e. The van der Waals surface area contributed by atoms with Crippen molar-refractivity contribution in [2.45, 2.75) is 25.2 Å². The van der Waals surface area contributed by atoms with E-state index in [1.54, 1.807) is 44.3 Å². The Kier molecular flexibility index (Phi) is 6.25.